The summed E-state index contributed by atoms with van der Waals surface area (Å²) in [6.07, 6.45) is 3.59. The van der Waals surface area contributed by atoms with Gasteiger partial charge in [0.1, 0.15) is 5.82 Å². The molecule has 0 spiro atoms. The van der Waals surface area contributed by atoms with Gasteiger partial charge in [-0.3, -0.25) is 0 Å². The number of pyridine rings is 1. The van der Waals surface area contributed by atoms with Gasteiger partial charge >= 0.3 is 0 Å². The van der Waals surface area contributed by atoms with Crippen molar-refractivity contribution in [3.05, 3.63) is 54.4 Å². The van der Waals surface area contributed by atoms with Gasteiger partial charge < -0.3 is 20.0 Å². The van der Waals surface area contributed by atoms with E-state index in [1.807, 2.05) is 31.1 Å². The summed E-state index contributed by atoms with van der Waals surface area (Å²) in [7, 11) is 4.04. The summed E-state index contributed by atoms with van der Waals surface area (Å²) in [6, 6.07) is 12.3. The maximum atomic E-state index is 4.99. The second-order valence-electron chi connectivity index (χ2n) is 7.74. The first-order valence-corrected chi connectivity index (χ1v) is 10.8. The largest absolute Gasteiger partial charge is 0.363 e. The summed E-state index contributed by atoms with van der Waals surface area (Å²) in [5.74, 6) is 2.69. The molecule has 4 rings (SSSR count). The number of nitrogens with zero attached hydrogens (tertiary/aromatic N) is 7. The number of aromatic nitrogens is 3. The molecule has 0 unspecified atom stereocenters. The third-order valence-electron chi connectivity index (χ3n) is 5.39. The van der Waals surface area contributed by atoms with Gasteiger partial charge in [-0.25, -0.2) is 19.9 Å². The van der Waals surface area contributed by atoms with Crippen molar-refractivity contribution >= 4 is 52.6 Å². The van der Waals surface area contributed by atoms with Crippen LogP contribution in [-0.4, -0.2) is 72.6 Å². The molecular formula is C23H31IN8. The van der Waals surface area contributed by atoms with Gasteiger partial charge in [0.25, 0.3) is 0 Å². The summed E-state index contributed by atoms with van der Waals surface area (Å²) in [4.78, 5) is 25.1. The number of hydrogen-bond donors (Lipinski definition) is 1. The molecule has 0 bridgehead atoms. The lowest BCUT2D eigenvalue weighted by atomic mass is 10.1. The Bertz CT molecular complexity index is 1030. The van der Waals surface area contributed by atoms with Crippen molar-refractivity contribution < 1.29 is 0 Å². The minimum atomic E-state index is 0. The summed E-state index contributed by atoms with van der Waals surface area (Å²) < 4.78 is 0. The third kappa shape index (κ3) is 5.56. The Balaban J connectivity index is 0.00000289. The van der Waals surface area contributed by atoms with E-state index in [1.165, 1.54) is 5.56 Å². The van der Waals surface area contributed by atoms with Gasteiger partial charge in [0.15, 0.2) is 5.96 Å². The van der Waals surface area contributed by atoms with Crippen LogP contribution < -0.4 is 15.1 Å². The maximum Gasteiger partial charge on any atom is 0.225 e. The number of anilines is 2. The monoisotopic (exact) mass is 546 g/mol. The smallest absolute Gasteiger partial charge is 0.225 e. The van der Waals surface area contributed by atoms with Gasteiger partial charge in [-0.2, -0.15) is 0 Å². The molecule has 1 aromatic carbocycles. The molecule has 0 saturated carbocycles. The van der Waals surface area contributed by atoms with Crippen LogP contribution in [0.5, 0.6) is 0 Å². The molecule has 1 saturated heterocycles. The lowest BCUT2D eigenvalue weighted by molar-refractivity contribution is 0.370. The average Bonchev–Trinajstić information content (AvgIpc) is 2.82. The van der Waals surface area contributed by atoms with Crippen molar-refractivity contribution in [3.8, 4) is 0 Å². The van der Waals surface area contributed by atoms with E-state index >= 15 is 0 Å². The number of rotatable bonds is 5. The van der Waals surface area contributed by atoms with Crippen LogP contribution in [0, 0.1) is 0 Å². The van der Waals surface area contributed by atoms with Crippen LogP contribution in [0.1, 0.15) is 12.5 Å². The summed E-state index contributed by atoms with van der Waals surface area (Å²) in [5, 5.41) is 4.61. The van der Waals surface area contributed by atoms with E-state index in [4.69, 9.17) is 9.98 Å². The molecule has 0 radical (unpaired) electrons. The molecule has 32 heavy (non-hydrogen) atoms. The van der Waals surface area contributed by atoms with Crippen molar-refractivity contribution in [2.24, 2.45) is 4.99 Å². The molecule has 3 heterocycles. The first-order chi connectivity index (χ1) is 15.2. The first-order valence-electron chi connectivity index (χ1n) is 10.8. The Kier molecular flexibility index (Phi) is 8.43. The summed E-state index contributed by atoms with van der Waals surface area (Å²) in [5.41, 5.74) is 2.18. The highest BCUT2D eigenvalue weighted by Gasteiger charge is 2.21. The third-order valence-corrected chi connectivity index (χ3v) is 5.39. The zero-order valence-electron chi connectivity index (χ0n) is 18.9. The lowest BCUT2D eigenvalue weighted by Gasteiger charge is -2.36. The number of halogens is 1. The minimum absolute atomic E-state index is 0. The molecule has 1 fully saturated rings. The Morgan fingerprint density at radius 2 is 1.78 bits per heavy atom. The predicted molar refractivity (Wildman–Crippen MR) is 142 cm³/mol. The average molecular weight is 546 g/mol. The Morgan fingerprint density at radius 1 is 1.06 bits per heavy atom. The zero-order chi connectivity index (χ0) is 21.6. The molecule has 1 N–H and O–H groups in total. The van der Waals surface area contributed by atoms with Gasteiger partial charge in [0.2, 0.25) is 5.95 Å². The predicted octanol–water partition coefficient (Wildman–Crippen LogP) is 3.00. The van der Waals surface area contributed by atoms with Crippen molar-refractivity contribution in [2.45, 2.75) is 13.5 Å². The van der Waals surface area contributed by atoms with E-state index in [0.717, 1.165) is 61.4 Å². The fraction of sp³-hybridized carbons (Fsp3) is 0.391. The Labute approximate surface area is 206 Å². The normalized spacial score (nSPS) is 14.3. The van der Waals surface area contributed by atoms with Crippen LogP contribution in [0.15, 0.2) is 53.8 Å². The second-order valence-corrected chi connectivity index (χ2v) is 7.74. The first kappa shape index (κ1) is 24.0. The number of fused-ring (bicyclic) bond motifs is 1. The van der Waals surface area contributed by atoms with Gasteiger partial charge in [0.05, 0.1) is 12.1 Å². The number of nitrogens with one attached hydrogen (secondary N) is 1. The number of benzene rings is 1. The highest BCUT2D eigenvalue weighted by molar-refractivity contribution is 14.0. The van der Waals surface area contributed by atoms with Crippen molar-refractivity contribution in [1.29, 1.82) is 0 Å². The Hall–Kier alpha value is -2.69. The van der Waals surface area contributed by atoms with E-state index < -0.39 is 0 Å². The van der Waals surface area contributed by atoms with Crippen molar-refractivity contribution in [3.63, 3.8) is 0 Å². The maximum absolute atomic E-state index is 4.99. The number of piperazine rings is 1. The van der Waals surface area contributed by atoms with Crippen LogP contribution in [-0.2, 0) is 6.54 Å². The molecule has 170 valence electrons. The van der Waals surface area contributed by atoms with E-state index in [-0.39, 0.29) is 24.0 Å². The molecular weight excluding hydrogens is 515 g/mol. The van der Waals surface area contributed by atoms with Gasteiger partial charge in [0, 0.05) is 64.6 Å². The molecule has 0 amide bonds. The molecule has 2 aromatic heterocycles. The molecule has 8 nitrogen and oxygen atoms in total. The van der Waals surface area contributed by atoms with E-state index in [2.05, 4.69) is 56.3 Å². The van der Waals surface area contributed by atoms with E-state index in [1.54, 1.807) is 12.4 Å². The lowest BCUT2D eigenvalue weighted by Crippen LogP contribution is -2.52. The molecule has 0 atom stereocenters. The number of aliphatic imine (C=N–C) groups is 1. The quantitative estimate of drug-likeness (QED) is 0.300. The molecule has 1 aliphatic rings. The highest BCUT2D eigenvalue weighted by atomic mass is 127. The molecule has 1 aliphatic heterocycles. The molecule has 3 aromatic rings. The van der Waals surface area contributed by atoms with Crippen molar-refractivity contribution in [2.75, 3.05) is 56.6 Å². The van der Waals surface area contributed by atoms with Crippen LogP contribution in [0.3, 0.4) is 0 Å². The zero-order valence-corrected chi connectivity index (χ0v) is 21.2. The van der Waals surface area contributed by atoms with Gasteiger partial charge in [-0.05, 0) is 30.7 Å². The number of guanidine groups is 1. The summed E-state index contributed by atoms with van der Waals surface area (Å²) in [6.45, 7) is 7.05. The number of para-hydroxylation sites is 1. The van der Waals surface area contributed by atoms with E-state index in [9.17, 15) is 0 Å². The van der Waals surface area contributed by atoms with Crippen LogP contribution in [0.4, 0.5) is 11.8 Å². The van der Waals surface area contributed by atoms with E-state index in [0.29, 0.717) is 6.54 Å². The van der Waals surface area contributed by atoms with Crippen LogP contribution in [0.2, 0.25) is 0 Å². The van der Waals surface area contributed by atoms with Crippen molar-refractivity contribution in [1.82, 2.24) is 25.2 Å². The minimum Gasteiger partial charge on any atom is -0.363 e. The van der Waals surface area contributed by atoms with Crippen LogP contribution in [0.25, 0.3) is 10.9 Å². The highest BCUT2D eigenvalue weighted by Crippen LogP contribution is 2.23. The van der Waals surface area contributed by atoms with Gasteiger partial charge in [-0.15, -0.1) is 24.0 Å². The standard InChI is InChI=1S/C23H30N8.HI/c1-4-24-22(30-12-14-31(15-13-30)23-25-10-7-11-26-23)27-17-18-16-21(29(2)3)28-20-9-6-5-8-19(18)20;/h5-11,16H,4,12-15,17H2,1-3H3,(H,24,27);1H. The van der Waals surface area contributed by atoms with Crippen LogP contribution >= 0.6 is 24.0 Å². The number of hydrogen-bond acceptors (Lipinski definition) is 6. The fourth-order valence-electron chi connectivity index (χ4n) is 3.75. The molecule has 9 heteroatoms. The Morgan fingerprint density at radius 3 is 2.47 bits per heavy atom. The second kappa shape index (κ2) is 11.3. The SMILES string of the molecule is CCNC(=NCc1cc(N(C)C)nc2ccccc12)N1CCN(c2ncccn2)CC1.I. The molecule has 0 aliphatic carbocycles. The summed E-state index contributed by atoms with van der Waals surface area (Å²) >= 11 is 0. The topological polar surface area (TPSA) is 72.8 Å². The van der Waals surface area contributed by atoms with Gasteiger partial charge in [-0.1, -0.05) is 18.2 Å². The fourth-order valence-corrected chi connectivity index (χ4v) is 3.75.